The highest BCUT2D eigenvalue weighted by molar-refractivity contribution is 7.90. The van der Waals surface area contributed by atoms with Crippen LogP contribution in [0.15, 0.2) is 18.3 Å². The fraction of sp³-hybridized carbons (Fsp3) is 0.600. The van der Waals surface area contributed by atoms with Gasteiger partial charge in [-0.05, 0) is 25.0 Å². The summed E-state index contributed by atoms with van der Waals surface area (Å²) < 4.78 is 40.2. The van der Waals surface area contributed by atoms with Crippen molar-refractivity contribution in [3.8, 4) is 0 Å². The Labute approximate surface area is 135 Å². The maximum Gasteiger partial charge on any atom is 0.225 e. The molecule has 1 saturated carbocycles. The van der Waals surface area contributed by atoms with Crippen molar-refractivity contribution in [3.63, 3.8) is 0 Å². The fourth-order valence-corrected chi connectivity index (χ4v) is 4.41. The van der Waals surface area contributed by atoms with Crippen molar-refractivity contribution in [2.45, 2.75) is 37.5 Å². The molecule has 0 spiro atoms. The van der Waals surface area contributed by atoms with E-state index in [4.69, 9.17) is 0 Å². The number of nitrogens with zero attached hydrogens (tertiary/aromatic N) is 2. The number of hydrogen-bond acceptors (Lipinski definition) is 4. The molecule has 0 aromatic carbocycles. The SMILES string of the molecule is O=C(C1CCCC1)N1CC(S(=O)(=O)NCc2ncccc2F)C1. The zero-order valence-electron chi connectivity index (χ0n) is 12.7. The maximum absolute atomic E-state index is 13.5. The summed E-state index contributed by atoms with van der Waals surface area (Å²) >= 11 is 0. The number of likely N-dealkylation sites (tertiary alicyclic amines) is 1. The van der Waals surface area contributed by atoms with Gasteiger partial charge in [0.15, 0.2) is 0 Å². The van der Waals surface area contributed by atoms with E-state index in [-0.39, 0.29) is 37.2 Å². The summed E-state index contributed by atoms with van der Waals surface area (Å²) in [5.41, 5.74) is 0.0642. The minimum atomic E-state index is -3.58. The van der Waals surface area contributed by atoms with Crippen molar-refractivity contribution < 1.29 is 17.6 Å². The number of sulfonamides is 1. The van der Waals surface area contributed by atoms with Gasteiger partial charge >= 0.3 is 0 Å². The molecular formula is C15H20FN3O3S. The average Bonchev–Trinajstić information content (AvgIpc) is 2.98. The zero-order chi connectivity index (χ0) is 16.4. The molecule has 1 amide bonds. The van der Waals surface area contributed by atoms with Crippen molar-refractivity contribution in [2.75, 3.05) is 13.1 Å². The quantitative estimate of drug-likeness (QED) is 0.868. The standard InChI is InChI=1S/C15H20FN3O3S/c16-13-6-3-7-17-14(13)8-18-23(21,22)12-9-19(10-12)15(20)11-4-1-2-5-11/h3,6-7,11-12,18H,1-2,4-5,8-10H2. The van der Waals surface area contributed by atoms with Crippen LogP contribution >= 0.6 is 0 Å². The molecule has 1 N–H and O–H groups in total. The predicted octanol–water partition coefficient (Wildman–Crippen LogP) is 1.04. The number of pyridine rings is 1. The first kappa shape index (κ1) is 16.3. The molecule has 1 aliphatic heterocycles. The van der Waals surface area contributed by atoms with E-state index in [2.05, 4.69) is 9.71 Å². The first-order valence-electron chi connectivity index (χ1n) is 7.84. The number of nitrogens with one attached hydrogen (secondary N) is 1. The summed E-state index contributed by atoms with van der Waals surface area (Å²) in [7, 11) is -3.58. The molecule has 0 atom stereocenters. The third kappa shape index (κ3) is 3.53. The van der Waals surface area contributed by atoms with Crippen LogP contribution < -0.4 is 4.72 Å². The van der Waals surface area contributed by atoms with Crippen molar-refractivity contribution in [3.05, 3.63) is 29.8 Å². The Morgan fingerprint density at radius 2 is 2.04 bits per heavy atom. The smallest absolute Gasteiger partial charge is 0.225 e. The summed E-state index contributed by atoms with van der Waals surface area (Å²) in [6.07, 6.45) is 5.37. The number of amides is 1. The van der Waals surface area contributed by atoms with E-state index in [1.54, 1.807) is 4.90 Å². The first-order chi connectivity index (χ1) is 11.0. The molecule has 2 aliphatic rings. The van der Waals surface area contributed by atoms with Crippen molar-refractivity contribution in [1.29, 1.82) is 0 Å². The van der Waals surface area contributed by atoms with Gasteiger partial charge in [0.2, 0.25) is 15.9 Å². The number of rotatable bonds is 5. The largest absolute Gasteiger partial charge is 0.340 e. The van der Waals surface area contributed by atoms with Crippen molar-refractivity contribution in [2.24, 2.45) is 5.92 Å². The molecule has 6 nitrogen and oxygen atoms in total. The van der Waals surface area contributed by atoms with Gasteiger partial charge in [-0.15, -0.1) is 0 Å². The number of aromatic nitrogens is 1. The molecule has 126 valence electrons. The van der Waals surface area contributed by atoms with Gasteiger partial charge in [-0.2, -0.15) is 0 Å². The maximum atomic E-state index is 13.5. The zero-order valence-corrected chi connectivity index (χ0v) is 13.6. The highest BCUT2D eigenvalue weighted by Gasteiger charge is 2.41. The Balaban J connectivity index is 1.52. The summed E-state index contributed by atoms with van der Waals surface area (Å²) in [4.78, 5) is 17.6. The van der Waals surface area contributed by atoms with Crippen LogP contribution in [-0.2, 0) is 21.4 Å². The summed E-state index contributed by atoms with van der Waals surface area (Å²) in [5, 5.41) is -0.625. The molecule has 1 aromatic rings. The van der Waals surface area contributed by atoms with Gasteiger partial charge in [0.25, 0.3) is 0 Å². The number of carbonyl (C=O) groups excluding carboxylic acids is 1. The average molecular weight is 341 g/mol. The number of hydrogen-bond donors (Lipinski definition) is 1. The molecule has 1 aromatic heterocycles. The second-order valence-corrected chi connectivity index (χ2v) is 8.19. The molecule has 0 bridgehead atoms. The van der Waals surface area contributed by atoms with Crippen molar-refractivity contribution in [1.82, 2.24) is 14.6 Å². The third-order valence-electron chi connectivity index (χ3n) is 4.58. The highest BCUT2D eigenvalue weighted by atomic mass is 32.2. The monoisotopic (exact) mass is 341 g/mol. The van der Waals surface area contributed by atoms with Gasteiger partial charge in [0.1, 0.15) is 11.1 Å². The van der Waals surface area contributed by atoms with Crippen LogP contribution in [0, 0.1) is 11.7 Å². The minimum absolute atomic E-state index is 0.0641. The molecule has 2 fully saturated rings. The van der Waals surface area contributed by atoms with Gasteiger partial charge in [-0.1, -0.05) is 12.8 Å². The normalized spacial score (nSPS) is 19.8. The Bertz CT molecular complexity index is 683. The van der Waals surface area contributed by atoms with Gasteiger partial charge in [0, 0.05) is 25.2 Å². The predicted molar refractivity (Wildman–Crippen MR) is 82.3 cm³/mol. The van der Waals surface area contributed by atoms with Gasteiger partial charge in [-0.25, -0.2) is 17.5 Å². The van der Waals surface area contributed by atoms with Gasteiger partial charge in [-0.3, -0.25) is 9.78 Å². The molecule has 2 heterocycles. The summed E-state index contributed by atoms with van der Waals surface area (Å²) in [6.45, 7) is 0.257. The fourth-order valence-electron chi connectivity index (χ4n) is 3.08. The summed E-state index contributed by atoms with van der Waals surface area (Å²) in [5.74, 6) is -0.402. The topological polar surface area (TPSA) is 79.4 Å². The molecule has 0 unspecified atom stereocenters. The number of halogens is 1. The Morgan fingerprint density at radius 3 is 2.70 bits per heavy atom. The molecule has 23 heavy (non-hydrogen) atoms. The van der Waals surface area contributed by atoms with E-state index in [9.17, 15) is 17.6 Å². The Hall–Kier alpha value is -1.54. The lowest BCUT2D eigenvalue weighted by molar-refractivity contribution is -0.138. The molecule has 1 aliphatic carbocycles. The lowest BCUT2D eigenvalue weighted by Crippen LogP contribution is -2.60. The van der Waals surface area contributed by atoms with E-state index >= 15 is 0 Å². The van der Waals surface area contributed by atoms with E-state index in [1.165, 1.54) is 18.3 Å². The minimum Gasteiger partial charge on any atom is -0.340 e. The van der Waals surface area contributed by atoms with Gasteiger partial charge in [0.05, 0.1) is 12.2 Å². The summed E-state index contributed by atoms with van der Waals surface area (Å²) in [6, 6.07) is 2.69. The molecule has 0 radical (unpaired) electrons. The van der Waals surface area contributed by atoms with E-state index in [0.717, 1.165) is 25.7 Å². The highest BCUT2D eigenvalue weighted by Crippen LogP contribution is 2.29. The molecular weight excluding hydrogens is 321 g/mol. The van der Waals surface area contributed by atoms with Gasteiger partial charge < -0.3 is 4.90 Å². The van der Waals surface area contributed by atoms with Crippen LogP contribution in [0.1, 0.15) is 31.4 Å². The van der Waals surface area contributed by atoms with E-state index in [1.807, 2.05) is 0 Å². The molecule has 8 heteroatoms. The lowest BCUT2D eigenvalue weighted by Gasteiger charge is -2.39. The van der Waals surface area contributed by atoms with Crippen molar-refractivity contribution >= 4 is 15.9 Å². The Kier molecular flexibility index (Phi) is 4.63. The van der Waals surface area contributed by atoms with Crippen LogP contribution in [0.4, 0.5) is 4.39 Å². The molecule has 1 saturated heterocycles. The van der Waals surface area contributed by atoms with Crippen LogP contribution in [0.3, 0.4) is 0 Å². The van der Waals surface area contributed by atoms with E-state index < -0.39 is 21.1 Å². The lowest BCUT2D eigenvalue weighted by atomic mass is 10.0. The second-order valence-electron chi connectivity index (χ2n) is 6.14. The third-order valence-corrected chi connectivity index (χ3v) is 6.30. The van der Waals surface area contributed by atoms with Crippen LogP contribution in [0.5, 0.6) is 0 Å². The Morgan fingerprint density at radius 1 is 1.35 bits per heavy atom. The number of carbonyl (C=O) groups is 1. The van der Waals surface area contributed by atoms with E-state index in [0.29, 0.717) is 0 Å². The van der Waals surface area contributed by atoms with Crippen LogP contribution in [0.2, 0.25) is 0 Å². The second kappa shape index (κ2) is 6.52. The first-order valence-corrected chi connectivity index (χ1v) is 9.38. The van der Waals surface area contributed by atoms with Crippen LogP contribution in [0.25, 0.3) is 0 Å². The van der Waals surface area contributed by atoms with Crippen LogP contribution in [-0.4, -0.2) is 42.5 Å². The molecule has 3 rings (SSSR count).